The Morgan fingerprint density at radius 2 is 2.50 bits per heavy atom. The van der Waals surface area contributed by atoms with Crippen LogP contribution in [0.25, 0.3) is 11.2 Å². The van der Waals surface area contributed by atoms with Crippen LogP contribution < -0.4 is 10.6 Å². The Hall–Kier alpha value is -1.62. The van der Waals surface area contributed by atoms with E-state index in [-0.39, 0.29) is 0 Å². The van der Waals surface area contributed by atoms with Crippen LogP contribution in [0.3, 0.4) is 0 Å². The summed E-state index contributed by atoms with van der Waals surface area (Å²) < 4.78 is 0. The standard InChI is InChI=1S/C11H15N5/c12-7-8-3-2-6-16(8)11-14-9-4-1-5-13-10(9)15-11/h1,4-5,8H,2-3,6-7,12H2,(H,13,14,15)/t8-/m1/s1. The van der Waals surface area contributed by atoms with Crippen LogP contribution in [-0.2, 0) is 0 Å². The lowest BCUT2D eigenvalue weighted by Gasteiger charge is -2.22. The van der Waals surface area contributed by atoms with Gasteiger partial charge >= 0.3 is 0 Å². The SMILES string of the molecule is NC[C@H]1CCCN1c1nc2ncccc2[nH]1. The molecule has 1 fully saturated rings. The van der Waals surface area contributed by atoms with E-state index in [1.807, 2.05) is 12.1 Å². The van der Waals surface area contributed by atoms with Crippen molar-refractivity contribution in [3.63, 3.8) is 0 Å². The van der Waals surface area contributed by atoms with Gasteiger partial charge in [0.1, 0.15) is 0 Å². The van der Waals surface area contributed by atoms with E-state index in [4.69, 9.17) is 5.73 Å². The molecule has 84 valence electrons. The number of nitrogens with two attached hydrogens (primary N) is 1. The number of H-pyrrole nitrogens is 1. The third kappa shape index (κ3) is 1.44. The number of fused-ring (bicyclic) bond motifs is 1. The lowest BCUT2D eigenvalue weighted by Crippen LogP contribution is -2.36. The number of pyridine rings is 1. The second kappa shape index (κ2) is 3.75. The number of imidazole rings is 1. The first-order chi connectivity index (χ1) is 7.88. The minimum atomic E-state index is 0.417. The van der Waals surface area contributed by atoms with E-state index in [2.05, 4.69) is 19.9 Å². The van der Waals surface area contributed by atoms with Crippen LogP contribution in [-0.4, -0.2) is 34.1 Å². The van der Waals surface area contributed by atoms with Crippen LogP contribution in [0.15, 0.2) is 18.3 Å². The first kappa shape index (κ1) is 9.59. The van der Waals surface area contributed by atoms with Gasteiger partial charge in [0.15, 0.2) is 5.65 Å². The quantitative estimate of drug-likeness (QED) is 0.783. The summed E-state index contributed by atoms with van der Waals surface area (Å²) in [5.41, 5.74) is 7.52. The Morgan fingerprint density at radius 3 is 3.31 bits per heavy atom. The van der Waals surface area contributed by atoms with Crippen molar-refractivity contribution >= 4 is 17.1 Å². The Balaban J connectivity index is 1.99. The maximum Gasteiger partial charge on any atom is 0.205 e. The van der Waals surface area contributed by atoms with Crippen LogP contribution in [0, 0.1) is 0 Å². The summed E-state index contributed by atoms with van der Waals surface area (Å²) in [4.78, 5) is 14.3. The molecule has 0 amide bonds. The number of nitrogens with zero attached hydrogens (tertiary/aromatic N) is 3. The number of aromatic amines is 1. The van der Waals surface area contributed by atoms with Gasteiger partial charge in [-0.2, -0.15) is 4.98 Å². The molecule has 1 aliphatic rings. The van der Waals surface area contributed by atoms with Crippen molar-refractivity contribution in [2.75, 3.05) is 18.0 Å². The van der Waals surface area contributed by atoms with E-state index in [1.54, 1.807) is 6.20 Å². The van der Waals surface area contributed by atoms with Crippen molar-refractivity contribution < 1.29 is 0 Å². The zero-order valence-corrected chi connectivity index (χ0v) is 9.06. The molecule has 0 aliphatic carbocycles. The van der Waals surface area contributed by atoms with E-state index in [0.29, 0.717) is 12.6 Å². The van der Waals surface area contributed by atoms with Crippen molar-refractivity contribution in [3.05, 3.63) is 18.3 Å². The number of hydrogen-bond donors (Lipinski definition) is 2. The Morgan fingerprint density at radius 1 is 1.56 bits per heavy atom. The summed E-state index contributed by atoms with van der Waals surface area (Å²) in [6.45, 7) is 1.71. The van der Waals surface area contributed by atoms with E-state index in [9.17, 15) is 0 Å². The van der Waals surface area contributed by atoms with Gasteiger partial charge < -0.3 is 15.6 Å². The molecule has 2 aromatic heterocycles. The summed E-state index contributed by atoms with van der Waals surface area (Å²) in [7, 11) is 0. The van der Waals surface area contributed by atoms with Gasteiger partial charge in [0.25, 0.3) is 0 Å². The number of nitrogens with one attached hydrogen (secondary N) is 1. The van der Waals surface area contributed by atoms with Crippen LogP contribution in [0.2, 0.25) is 0 Å². The minimum absolute atomic E-state index is 0.417. The van der Waals surface area contributed by atoms with Gasteiger partial charge in [-0.05, 0) is 25.0 Å². The largest absolute Gasteiger partial charge is 0.338 e. The highest BCUT2D eigenvalue weighted by molar-refractivity contribution is 5.73. The average molecular weight is 217 g/mol. The molecule has 0 radical (unpaired) electrons. The first-order valence-corrected chi connectivity index (χ1v) is 5.66. The van der Waals surface area contributed by atoms with Crippen molar-refractivity contribution in [2.24, 2.45) is 5.73 Å². The van der Waals surface area contributed by atoms with Gasteiger partial charge in [-0.25, -0.2) is 4.98 Å². The van der Waals surface area contributed by atoms with Gasteiger partial charge in [-0.1, -0.05) is 0 Å². The lowest BCUT2D eigenvalue weighted by molar-refractivity contribution is 0.667. The van der Waals surface area contributed by atoms with Crippen molar-refractivity contribution in [1.82, 2.24) is 15.0 Å². The molecule has 16 heavy (non-hydrogen) atoms. The molecule has 5 heteroatoms. The molecule has 2 aromatic rings. The van der Waals surface area contributed by atoms with E-state index in [1.165, 1.54) is 6.42 Å². The van der Waals surface area contributed by atoms with E-state index in [0.717, 1.165) is 30.1 Å². The molecule has 3 heterocycles. The maximum absolute atomic E-state index is 5.76. The van der Waals surface area contributed by atoms with Gasteiger partial charge in [0.05, 0.1) is 5.52 Å². The summed E-state index contributed by atoms with van der Waals surface area (Å²) in [5, 5.41) is 0. The normalized spacial score (nSPS) is 20.8. The molecule has 3 rings (SSSR count). The second-order valence-corrected chi connectivity index (χ2v) is 4.16. The van der Waals surface area contributed by atoms with E-state index >= 15 is 0 Å². The van der Waals surface area contributed by atoms with Gasteiger partial charge in [-0.15, -0.1) is 0 Å². The zero-order valence-electron chi connectivity index (χ0n) is 9.06. The fourth-order valence-corrected chi connectivity index (χ4v) is 2.33. The number of aromatic nitrogens is 3. The molecule has 1 saturated heterocycles. The number of rotatable bonds is 2. The second-order valence-electron chi connectivity index (χ2n) is 4.16. The van der Waals surface area contributed by atoms with E-state index < -0.39 is 0 Å². The highest BCUT2D eigenvalue weighted by Crippen LogP contribution is 2.23. The van der Waals surface area contributed by atoms with Gasteiger partial charge in [-0.3, -0.25) is 0 Å². The fraction of sp³-hybridized carbons (Fsp3) is 0.455. The third-order valence-electron chi connectivity index (χ3n) is 3.17. The van der Waals surface area contributed by atoms with Crippen LogP contribution in [0.1, 0.15) is 12.8 Å². The summed E-state index contributed by atoms with van der Waals surface area (Å²) in [6.07, 6.45) is 4.10. The van der Waals surface area contributed by atoms with Crippen molar-refractivity contribution in [2.45, 2.75) is 18.9 Å². The topological polar surface area (TPSA) is 70.8 Å². The summed E-state index contributed by atoms with van der Waals surface area (Å²) >= 11 is 0. The van der Waals surface area contributed by atoms with Gasteiger partial charge in [0.2, 0.25) is 5.95 Å². The molecule has 3 N–H and O–H groups in total. The highest BCUT2D eigenvalue weighted by atomic mass is 15.3. The zero-order chi connectivity index (χ0) is 11.0. The van der Waals surface area contributed by atoms with Crippen molar-refractivity contribution in [3.8, 4) is 0 Å². The molecule has 0 aromatic carbocycles. The number of anilines is 1. The molecule has 1 aliphatic heterocycles. The molecule has 0 bridgehead atoms. The molecule has 0 unspecified atom stereocenters. The predicted molar refractivity (Wildman–Crippen MR) is 63.3 cm³/mol. The first-order valence-electron chi connectivity index (χ1n) is 5.66. The maximum atomic E-state index is 5.76. The Bertz CT molecular complexity index is 459. The molecular formula is C11H15N5. The summed E-state index contributed by atoms with van der Waals surface area (Å²) in [5.74, 6) is 0.904. The fourth-order valence-electron chi connectivity index (χ4n) is 2.33. The van der Waals surface area contributed by atoms with Crippen LogP contribution in [0.5, 0.6) is 0 Å². The molecule has 5 nitrogen and oxygen atoms in total. The van der Waals surface area contributed by atoms with Gasteiger partial charge in [0, 0.05) is 25.3 Å². The lowest BCUT2D eigenvalue weighted by atomic mass is 10.2. The Kier molecular flexibility index (Phi) is 2.25. The van der Waals surface area contributed by atoms with Crippen molar-refractivity contribution in [1.29, 1.82) is 0 Å². The molecular weight excluding hydrogens is 202 g/mol. The smallest absolute Gasteiger partial charge is 0.205 e. The predicted octanol–water partition coefficient (Wildman–Crippen LogP) is 0.885. The molecule has 0 spiro atoms. The van der Waals surface area contributed by atoms with Crippen LogP contribution >= 0.6 is 0 Å². The third-order valence-corrected chi connectivity index (χ3v) is 3.17. The minimum Gasteiger partial charge on any atom is -0.338 e. The average Bonchev–Trinajstić information content (AvgIpc) is 2.94. The molecule has 1 atom stereocenters. The highest BCUT2D eigenvalue weighted by Gasteiger charge is 2.25. The number of hydrogen-bond acceptors (Lipinski definition) is 4. The Labute approximate surface area is 93.7 Å². The van der Waals surface area contributed by atoms with Crippen LogP contribution in [0.4, 0.5) is 5.95 Å². The summed E-state index contributed by atoms with van der Waals surface area (Å²) in [6, 6.07) is 4.32. The molecule has 0 saturated carbocycles. The monoisotopic (exact) mass is 217 g/mol.